The number of nitrogens with zero attached hydrogens (tertiary/aromatic N) is 6. The Morgan fingerprint density at radius 1 is 1.04 bits per heavy atom. The fourth-order valence-corrected chi connectivity index (χ4v) is 5.98. The molecule has 0 aliphatic carbocycles. The highest BCUT2D eigenvalue weighted by atomic mass is 19.1. The minimum Gasteiger partial charge on any atom is -0.446 e. The lowest BCUT2D eigenvalue weighted by Gasteiger charge is -2.44. The smallest absolute Gasteiger partial charge is 0.416 e. The second kappa shape index (κ2) is 13.5. The summed E-state index contributed by atoms with van der Waals surface area (Å²) in [6.07, 6.45) is 3.58. The zero-order valence-electron chi connectivity index (χ0n) is 29.4. The molecule has 48 heavy (non-hydrogen) atoms. The molecule has 3 aliphatic heterocycles. The topological polar surface area (TPSA) is 128 Å². The molecule has 2 aromatic heterocycles. The van der Waals surface area contributed by atoms with Crippen LogP contribution in [0.3, 0.4) is 0 Å². The van der Waals surface area contributed by atoms with Gasteiger partial charge in [0.25, 0.3) is 0 Å². The van der Waals surface area contributed by atoms with Crippen LogP contribution in [0.2, 0.25) is 0 Å². The van der Waals surface area contributed by atoms with Crippen LogP contribution in [0.25, 0.3) is 11.2 Å². The van der Waals surface area contributed by atoms with E-state index in [0.29, 0.717) is 43.9 Å². The van der Waals surface area contributed by atoms with Gasteiger partial charge in [0.05, 0.1) is 38.2 Å². The third-order valence-corrected chi connectivity index (χ3v) is 8.37. The number of carbonyl (C=O) groups is 3. The van der Waals surface area contributed by atoms with Crippen LogP contribution < -0.4 is 4.90 Å². The number of piperidine rings is 1. The number of carbonyl (C=O) groups excluding carboxylic acids is 3. The van der Waals surface area contributed by atoms with Crippen LogP contribution in [0.5, 0.6) is 0 Å². The van der Waals surface area contributed by atoms with E-state index in [1.54, 1.807) is 36.4 Å². The lowest BCUT2D eigenvalue weighted by molar-refractivity contribution is -0.0784. The van der Waals surface area contributed by atoms with E-state index in [9.17, 15) is 14.4 Å². The van der Waals surface area contributed by atoms with Gasteiger partial charge in [-0.15, -0.1) is 0 Å². The largest absolute Gasteiger partial charge is 0.446 e. The highest BCUT2D eigenvalue weighted by Gasteiger charge is 2.48. The van der Waals surface area contributed by atoms with Gasteiger partial charge in [-0.2, -0.15) is 9.61 Å². The fourth-order valence-electron chi connectivity index (χ4n) is 5.98. The van der Waals surface area contributed by atoms with E-state index in [4.69, 9.17) is 23.9 Å². The summed E-state index contributed by atoms with van der Waals surface area (Å²) in [6.45, 7) is 15.6. The molecule has 0 spiro atoms. The number of hydrogen-bond acceptors (Lipinski definition) is 9. The molecule has 0 aromatic carbocycles. The number of halogens is 1. The summed E-state index contributed by atoms with van der Waals surface area (Å²) in [5.74, 6) is 0.679. The number of aromatic nitrogens is 3. The van der Waals surface area contributed by atoms with Crippen molar-refractivity contribution >= 4 is 35.3 Å². The number of amides is 3. The minimum absolute atomic E-state index is 0.148. The van der Waals surface area contributed by atoms with E-state index in [-0.39, 0.29) is 38.1 Å². The Kier molecular flexibility index (Phi) is 9.96. The third-order valence-electron chi connectivity index (χ3n) is 8.37. The standard InChI is InChI=1S/C34H49FN6O7/c1-22(2)25-18-36-41-27(17-26(37-28(25)41)23-11-15-45-16-12-23)40(31(44)48-33(6,7)8)24-9-13-38(14-10-24)29(42)46-21-34(35)19-39(20-34)30(43)47-32(3,4)5/h11,17-18,22,24H,9-10,12-16,19-21H2,1-8H3. The van der Waals surface area contributed by atoms with E-state index in [0.717, 1.165) is 16.8 Å². The van der Waals surface area contributed by atoms with Crippen LogP contribution in [0.4, 0.5) is 24.6 Å². The Morgan fingerprint density at radius 2 is 1.71 bits per heavy atom. The summed E-state index contributed by atoms with van der Waals surface area (Å²) >= 11 is 0. The summed E-state index contributed by atoms with van der Waals surface area (Å²) < 4.78 is 39.0. The molecule has 264 valence electrons. The fraction of sp³-hybridized carbons (Fsp3) is 0.676. The van der Waals surface area contributed by atoms with Crippen LogP contribution in [-0.2, 0) is 18.9 Å². The molecule has 2 aromatic rings. The maximum absolute atomic E-state index is 15.2. The monoisotopic (exact) mass is 672 g/mol. The summed E-state index contributed by atoms with van der Waals surface area (Å²) in [4.78, 5) is 48.6. The number of anilines is 1. The number of likely N-dealkylation sites (tertiary alicyclic amines) is 2. The summed E-state index contributed by atoms with van der Waals surface area (Å²) in [5.41, 5.74) is 0.134. The SMILES string of the molecule is CC(C)c1cnn2c(N(C(=O)OC(C)(C)C)C3CCN(C(=O)OCC4(F)CN(C(=O)OC(C)(C)C)C4)CC3)cc(C3=CCOCC3)nc12. The Morgan fingerprint density at radius 3 is 2.29 bits per heavy atom. The van der Waals surface area contributed by atoms with Crippen molar-refractivity contribution in [2.24, 2.45) is 0 Å². The molecule has 5 heterocycles. The second-order valence-electron chi connectivity index (χ2n) is 15.2. The van der Waals surface area contributed by atoms with E-state index in [2.05, 4.69) is 18.9 Å². The highest BCUT2D eigenvalue weighted by Crippen LogP contribution is 2.33. The Balaban J connectivity index is 1.32. The zero-order valence-corrected chi connectivity index (χ0v) is 29.4. The lowest BCUT2D eigenvalue weighted by Crippen LogP contribution is -2.64. The van der Waals surface area contributed by atoms with Gasteiger partial charge in [-0.05, 0) is 72.3 Å². The van der Waals surface area contributed by atoms with Crippen molar-refractivity contribution in [3.63, 3.8) is 0 Å². The van der Waals surface area contributed by atoms with Gasteiger partial charge in [0.2, 0.25) is 0 Å². The molecule has 0 atom stereocenters. The first kappa shape index (κ1) is 35.4. The van der Waals surface area contributed by atoms with E-state index < -0.39 is 41.8 Å². The van der Waals surface area contributed by atoms with Gasteiger partial charge in [0.15, 0.2) is 11.3 Å². The maximum Gasteiger partial charge on any atom is 0.416 e. The molecule has 2 saturated heterocycles. The lowest BCUT2D eigenvalue weighted by atomic mass is 9.98. The molecule has 0 radical (unpaired) electrons. The van der Waals surface area contributed by atoms with Gasteiger partial charge >= 0.3 is 18.3 Å². The first-order valence-electron chi connectivity index (χ1n) is 16.7. The van der Waals surface area contributed by atoms with Crippen LogP contribution in [-0.4, -0.2) is 112 Å². The van der Waals surface area contributed by atoms with Gasteiger partial charge in [-0.25, -0.2) is 23.8 Å². The number of fused-ring (bicyclic) bond motifs is 1. The van der Waals surface area contributed by atoms with Crippen molar-refractivity contribution in [1.29, 1.82) is 0 Å². The molecule has 2 fully saturated rings. The Hall–Kier alpha value is -3.94. The zero-order chi connectivity index (χ0) is 35.0. The molecule has 3 amide bonds. The summed E-state index contributed by atoms with van der Waals surface area (Å²) in [7, 11) is 0. The van der Waals surface area contributed by atoms with Gasteiger partial charge in [0.1, 0.15) is 23.6 Å². The third kappa shape index (κ3) is 8.19. The average Bonchev–Trinajstić information content (AvgIpc) is 3.42. The molecule has 14 heteroatoms. The molecule has 0 N–H and O–H groups in total. The normalized spacial score (nSPS) is 18.8. The second-order valence-corrected chi connectivity index (χ2v) is 15.2. The van der Waals surface area contributed by atoms with Crippen LogP contribution in [0.1, 0.15) is 91.8 Å². The van der Waals surface area contributed by atoms with Crippen molar-refractivity contribution in [1.82, 2.24) is 24.4 Å². The van der Waals surface area contributed by atoms with Gasteiger partial charge in [-0.1, -0.05) is 19.9 Å². The van der Waals surface area contributed by atoms with E-state index >= 15 is 4.39 Å². The average molecular weight is 673 g/mol. The molecule has 0 saturated carbocycles. The molecule has 5 rings (SSSR count). The number of hydrogen-bond donors (Lipinski definition) is 0. The minimum atomic E-state index is -1.83. The van der Waals surface area contributed by atoms with Crippen molar-refractivity contribution < 1.29 is 37.7 Å². The van der Waals surface area contributed by atoms with Gasteiger partial charge in [0, 0.05) is 30.8 Å². The van der Waals surface area contributed by atoms with Gasteiger partial charge in [-0.3, -0.25) is 4.90 Å². The predicted molar refractivity (Wildman–Crippen MR) is 177 cm³/mol. The molecule has 13 nitrogen and oxygen atoms in total. The number of alkyl halides is 1. The number of ether oxygens (including phenoxy) is 4. The van der Waals surface area contributed by atoms with Gasteiger partial charge < -0.3 is 28.7 Å². The summed E-state index contributed by atoms with van der Waals surface area (Å²) in [5, 5.41) is 4.67. The highest BCUT2D eigenvalue weighted by molar-refractivity contribution is 5.89. The first-order valence-corrected chi connectivity index (χ1v) is 16.7. The van der Waals surface area contributed by atoms with Crippen molar-refractivity contribution in [2.45, 2.75) is 103 Å². The van der Waals surface area contributed by atoms with E-state index in [1.165, 1.54) is 9.80 Å². The van der Waals surface area contributed by atoms with Crippen LogP contribution >= 0.6 is 0 Å². The quantitative estimate of drug-likeness (QED) is 0.342. The molecular formula is C34H49FN6O7. The predicted octanol–water partition coefficient (Wildman–Crippen LogP) is 5.96. The molecule has 3 aliphatic rings. The first-order chi connectivity index (χ1) is 22.4. The van der Waals surface area contributed by atoms with Crippen molar-refractivity contribution in [2.75, 3.05) is 50.9 Å². The van der Waals surface area contributed by atoms with Crippen LogP contribution in [0, 0.1) is 0 Å². The molecular weight excluding hydrogens is 623 g/mol. The Bertz CT molecular complexity index is 1550. The molecule has 0 bridgehead atoms. The van der Waals surface area contributed by atoms with E-state index in [1.807, 2.05) is 32.9 Å². The summed E-state index contributed by atoms with van der Waals surface area (Å²) in [6, 6.07) is 1.55. The van der Waals surface area contributed by atoms with Crippen LogP contribution in [0.15, 0.2) is 18.3 Å². The maximum atomic E-state index is 15.2. The van der Waals surface area contributed by atoms with Crippen molar-refractivity contribution in [3.05, 3.63) is 29.6 Å². The van der Waals surface area contributed by atoms with Crippen molar-refractivity contribution in [3.8, 4) is 0 Å². The number of rotatable bonds is 6. The Labute approximate surface area is 281 Å². The molecule has 0 unspecified atom stereocenters.